The molecule has 0 radical (unpaired) electrons. The summed E-state index contributed by atoms with van der Waals surface area (Å²) in [6.45, 7) is 2.82. The molecule has 2 aromatic carbocycles. The largest absolute Gasteiger partial charge is 0.497 e. The van der Waals surface area contributed by atoms with Crippen molar-refractivity contribution < 1.29 is 19.2 Å². The van der Waals surface area contributed by atoms with Gasteiger partial charge in [0.1, 0.15) is 12.4 Å². The number of thioether (sulfide) groups is 1. The quantitative estimate of drug-likeness (QED) is 0.400. The number of nitrogens with zero attached hydrogens (tertiary/aromatic N) is 3. The molecule has 2 aliphatic rings. The Morgan fingerprint density at radius 1 is 1.12 bits per heavy atom. The highest BCUT2D eigenvalue weighted by Crippen LogP contribution is 2.36. The number of hydrogen-bond donors (Lipinski definition) is 0. The maximum Gasteiger partial charge on any atom is 0.410 e. The lowest BCUT2D eigenvalue weighted by atomic mass is 9.97. The molecule has 0 aromatic heterocycles. The van der Waals surface area contributed by atoms with E-state index in [1.54, 1.807) is 19.2 Å². The fourth-order valence-corrected chi connectivity index (χ4v) is 5.98. The van der Waals surface area contributed by atoms with Gasteiger partial charge in [0.25, 0.3) is 5.69 Å². The standard InChI is InChI=1S/C25H31N3O5S/c1-26-12-11-20(14-26)24-13-23(34-17-19-5-9-22(32-2)10-6-19)15-27(24)25(29)33-16-18-3-7-21(8-4-18)28(30)31/h3-10,20,23-24H,11-17H2,1-2H3/t20?,23-,24-/m0/s1. The van der Waals surface area contributed by atoms with Gasteiger partial charge in [-0.1, -0.05) is 12.1 Å². The summed E-state index contributed by atoms with van der Waals surface area (Å²) in [4.78, 5) is 27.7. The van der Waals surface area contributed by atoms with E-state index in [4.69, 9.17) is 9.47 Å². The van der Waals surface area contributed by atoms with Crippen LogP contribution in [0.25, 0.3) is 0 Å². The molecular weight excluding hydrogens is 454 g/mol. The van der Waals surface area contributed by atoms with Gasteiger partial charge in [-0.3, -0.25) is 10.1 Å². The third-order valence-corrected chi connectivity index (χ3v) is 7.98. The maximum absolute atomic E-state index is 13.1. The number of nitro benzene ring substituents is 1. The van der Waals surface area contributed by atoms with E-state index in [1.807, 2.05) is 28.8 Å². The van der Waals surface area contributed by atoms with E-state index in [-0.39, 0.29) is 24.4 Å². The molecular formula is C25H31N3O5S. The minimum atomic E-state index is -0.438. The first-order chi connectivity index (χ1) is 16.4. The van der Waals surface area contributed by atoms with Gasteiger partial charge in [-0.05, 0) is 67.7 Å². The Labute approximate surface area is 204 Å². The second kappa shape index (κ2) is 11.1. The number of non-ortho nitro benzene ring substituents is 1. The number of amides is 1. The Morgan fingerprint density at radius 3 is 2.44 bits per heavy atom. The van der Waals surface area contributed by atoms with Crippen molar-refractivity contribution in [3.8, 4) is 5.75 Å². The highest BCUT2D eigenvalue weighted by Gasteiger charge is 2.42. The summed E-state index contributed by atoms with van der Waals surface area (Å²) in [7, 11) is 3.79. The van der Waals surface area contributed by atoms with E-state index in [9.17, 15) is 14.9 Å². The van der Waals surface area contributed by atoms with Gasteiger partial charge in [0.15, 0.2) is 0 Å². The first-order valence-electron chi connectivity index (χ1n) is 11.5. The molecule has 9 heteroatoms. The van der Waals surface area contributed by atoms with Gasteiger partial charge in [-0.15, -0.1) is 0 Å². The van der Waals surface area contributed by atoms with Crippen LogP contribution in [0.5, 0.6) is 5.75 Å². The zero-order chi connectivity index (χ0) is 24.1. The summed E-state index contributed by atoms with van der Waals surface area (Å²) in [5.74, 6) is 2.18. The molecule has 0 spiro atoms. The number of carbonyl (C=O) groups is 1. The Morgan fingerprint density at radius 2 is 1.82 bits per heavy atom. The lowest BCUT2D eigenvalue weighted by Crippen LogP contribution is -2.41. The highest BCUT2D eigenvalue weighted by atomic mass is 32.2. The smallest absolute Gasteiger partial charge is 0.410 e. The van der Waals surface area contributed by atoms with Crippen LogP contribution in [0.4, 0.5) is 10.5 Å². The summed E-state index contributed by atoms with van der Waals surface area (Å²) in [6.07, 6.45) is 1.75. The molecule has 2 aromatic rings. The molecule has 2 aliphatic heterocycles. The van der Waals surface area contributed by atoms with Gasteiger partial charge < -0.3 is 19.3 Å². The zero-order valence-corrected chi connectivity index (χ0v) is 20.4. The lowest BCUT2D eigenvalue weighted by molar-refractivity contribution is -0.384. The fraction of sp³-hybridized carbons (Fsp3) is 0.480. The third-order valence-electron chi connectivity index (χ3n) is 6.67. The van der Waals surface area contributed by atoms with Gasteiger partial charge in [0.05, 0.1) is 12.0 Å². The maximum atomic E-state index is 13.1. The van der Waals surface area contributed by atoms with Crippen LogP contribution in [0.2, 0.25) is 0 Å². The lowest BCUT2D eigenvalue weighted by Gasteiger charge is -2.28. The molecule has 2 saturated heterocycles. The number of ether oxygens (including phenoxy) is 2. The molecule has 3 atom stereocenters. The number of nitro groups is 1. The molecule has 182 valence electrons. The summed E-state index contributed by atoms with van der Waals surface area (Å²) in [6, 6.07) is 14.4. The average Bonchev–Trinajstić information content (AvgIpc) is 3.48. The zero-order valence-electron chi connectivity index (χ0n) is 19.6. The molecule has 2 fully saturated rings. The number of hydrogen-bond acceptors (Lipinski definition) is 7. The molecule has 0 N–H and O–H groups in total. The van der Waals surface area contributed by atoms with Crippen LogP contribution in [-0.2, 0) is 17.1 Å². The van der Waals surface area contributed by atoms with Gasteiger partial charge >= 0.3 is 6.09 Å². The van der Waals surface area contributed by atoms with E-state index in [2.05, 4.69) is 24.1 Å². The SMILES string of the molecule is COc1ccc(CS[C@H]2C[C@@H](C3CCN(C)C3)N(C(=O)OCc3ccc([N+](=O)[O-])cc3)C2)cc1. The predicted molar refractivity (Wildman–Crippen MR) is 132 cm³/mol. The molecule has 0 bridgehead atoms. The second-order valence-corrected chi connectivity index (χ2v) is 10.3. The number of benzene rings is 2. The topological polar surface area (TPSA) is 85.2 Å². The van der Waals surface area contributed by atoms with Gasteiger partial charge in [0, 0.05) is 42.3 Å². The number of methoxy groups -OCH3 is 1. The summed E-state index contributed by atoms with van der Waals surface area (Å²) in [5.41, 5.74) is 2.00. The van der Waals surface area contributed by atoms with Crippen molar-refractivity contribution in [3.63, 3.8) is 0 Å². The van der Waals surface area contributed by atoms with Gasteiger partial charge in [-0.25, -0.2) is 4.79 Å². The number of carbonyl (C=O) groups excluding carboxylic acids is 1. The van der Waals surface area contributed by atoms with Crippen molar-refractivity contribution in [3.05, 3.63) is 69.8 Å². The van der Waals surface area contributed by atoms with Gasteiger partial charge in [0.2, 0.25) is 0 Å². The van der Waals surface area contributed by atoms with Crippen molar-refractivity contribution in [1.82, 2.24) is 9.80 Å². The monoisotopic (exact) mass is 485 g/mol. The minimum Gasteiger partial charge on any atom is -0.497 e. The normalized spacial score (nSPS) is 22.6. The molecule has 0 saturated carbocycles. The summed E-state index contributed by atoms with van der Waals surface area (Å²) >= 11 is 1.89. The Bertz CT molecular complexity index is 985. The van der Waals surface area contributed by atoms with E-state index in [0.29, 0.717) is 17.7 Å². The summed E-state index contributed by atoms with van der Waals surface area (Å²) in [5, 5.41) is 11.2. The number of rotatable bonds is 8. The van der Waals surface area contributed by atoms with Crippen LogP contribution in [-0.4, -0.2) is 65.9 Å². The van der Waals surface area contributed by atoms with Crippen molar-refractivity contribution in [2.24, 2.45) is 5.92 Å². The predicted octanol–water partition coefficient (Wildman–Crippen LogP) is 4.57. The van der Waals surface area contributed by atoms with Crippen LogP contribution >= 0.6 is 11.8 Å². The molecule has 2 heterocycles. The van der Waals surface area contributed by atoms with Crippen molar-refractivity contribution in [1.29, 1.82) is 0 Å². The Balaban J connectivity index is 1.37. The summed E-state index contributed by atoms with van der Waals surface area (Å²) < 4.78 is 10.9. The van der Waals surface area contributed by atoms with Crippen LogP contribution < -0.4 is 4.74 Å². The Kier molecular flexibility index (Phi) is 7.95. The molecule has 0 aliphatic carbocycles. The molecule has 1 amide bonds. The minimum absolute atomic E-state index is 0.0248. The van der Waals surface area contributed by atoms with Crippen LogP contribution in [0.15, 0.2) is 48.5 Å². The van der Waals surface area contributed by atoms with Crippen LogP contribution in [0.1, 0.15) is 24.0 Å². The van der Waals surface area contributed by atoms with E-state index >= 15 is 0 Å². The van der Waals surface area contributed by atoms with E-state index in [1.165, 1.54) is 17.7 Å². The van der Waals surface area contributed by atoms with E-state index < -0.39 is 4.92 Å². The van der Waals surface area contributed by atoms with Crippen LogP contribution in [0.3, 0.4) is 0 Å². The third kappa shape index (κ3) is 6.01. The Hall–Kier alpha value is -2.78. The fourth-order valence-electron chi connectivity index (χ4n) is 4.76. The number of likely N-dealkylation sites (tertiary alicyclic amines) is 2. The van der Waals surface area contributed by atoms with Crippen molar-refractivity contribution in [2.75, 3.05) is 33.8 Å². The van der Waals surface area contributed by atoms with Crippen molar-refractivity contribution >= 4 is 23.5 Å². The van der Waals surface area contributed by atoms with Gasteiger partial charge in [-0.2, -0.15) is 11.8 Å². The highest BCUT2D eigenvalue weighted by molar-refractivity contribution is 7.99. The second-order valence-electron chi connectivity index (χ2n) is 9.03. The molecule has 1 unspecified atom stereocenters. The first-order valence-corrected chi connectivity index (χ1v) is 12.6. The molecule has 34 heavy (non-hydrogen) atoms. The van der Waals surface area contributed by atoms with E-state index in [0.717, 1.165) is 43.0 Å². The average molecular weight is 486 g/mol. The molecule has 8 nitrogen and oxygen atoms in total. The first kappa shape index (κ1) is 24.3. The van der Waals surface area contributed by atoms with Crippen LogP contribution in [0, 0.1) is 16.0 Å². The van der Waals surface area contributed by atoms with Crippen molar-refractivity contribution in [2.45, 2.75) is 36.5 Å². The molecule has 4 rings (SSSR count).